The monoisotopic (exact) mass is 571 g/mol. The van der Waals surface area contributed by atoms with Gasteiger partial charge >= 0.3 is 0 Å². The Balaban J connectivity index is 1.38. The largest absolute Gasteiger partial charge is 0.292 e. The van der Waals surface area contributed by atoms with Crippen molar-refractivity contribution in [2.24, 2.45) is 0 Å². The van der Waals surface area contributed by atoms with Crippen molar-refractivity contribution < 1.29 is 0 Å². The molecule has 10 aromatic rings. The van der Waals surface area contributed by atoms with Crippen molar-refractivity contribution in [2.75, 3.05) is 0 Å². The van der Waals surface area contributed by atoms with Gasteiger partial charge in [0.15, 0.2) is 5.82 Å². The van der Waals surface area contributed by atoms with Gasteiger partial charge in [-0.05, 0) is 62.0 Å². The van der Waals surface area contributed by atoms with Gasteiger partial charge < -0.3 is 0 Å². The average molecular weight is 572 g/mol. The van der Waals surface area contributed by atoms with Crippen molar-refractivity contribution in [3.05, 3.63) is 152 Å². The van der Waals surface area contributed by atoms with Gasteiger partial charge in [0.25, 0.3) is 0 Å². The van der Waals surface area contributed by atoms with E-state index in [9.17, 15) is 0 Å². The maximum Gasteiger partial charge on any atom is 0.165 e. The molecule has 0 fully saturated rings. The Morgan fingerprint density at radius 2 is 1.04 bits per heavy atom. The van der Waals surface area contributed by atoms with E-state index < -0.39 is 0 Å². The third kappa shape index (κ3) is 3.52. The van der Waals surface area contributed by atoms with Crippen molar-refractivity contribution in [1.82, 2.24) is 14.5 Å². The lowest BCUT2D eigenvalue weighted by Crippen LogP contribution is -2.04. The molecule has 3 heteroatoms. The van der Waals surface area contributed by atoms with Crippen LogP contribution in [0.2, 0.25) is 0 Å². The third-order valence-corrected chi connectivity index (χ3v) is 9.32. The van der Waals surface area contributed by atoms with E-state index in [1.54, 1.807) is 0 Å². The summed E-state index contributed by atoms with van der Waals surface area (Å²) in [5, 5.41) is 12.2. The van der Waals surface area contributed by atoms with E-state index in [1.807, 2.05) is 6.07 Å². The Hall–Kier alpha value is -6.06. The number of fused-ring (bicyclic) bond motifs is 11. The zero-order valence-corrected chi connectivity index (χ0v) is 24.3. The van der Waals surface area contributed by atoms with Crippen molar-refractivity contribution in [3.63, 3.8) is 0 Å². The lowest BCUT2D eigenvalue weighted by atomic mass is 9.95. The highest BCUT2D eigenvalue weighted by atomic mass is 15.1. The first-order valence-corrected chi connectivity index (χ1v) is 15.3. The minimum absolute atomic E-state index is 0.835. The first-order valence-electron chi connectivity index (χ1n) is 15.3. The van der Waals surface area contributed by atoms with E-state index in [2.05, 4.69) is 150 Å². The summed E-state index contributed by atoms with van der Waals surface area (Å²) in [5.41, 5.74) is 5.94. The molecule has 0 unspecified atom stereocenters. The highest BCUT2D eigenvalue weighted by Gasteiger charge is 2.21. The number of para-hydroxylation sites is 1. The fourth-order valence-corrected chi connectivity index (χ4v) is 7.25. The Labute approximate surface area is 258 Å². The van der Waals surface area contributed by atoms with Crippen LogP contribution in [0.1, 0.15) is 0 Å². The molecule has 0 aliphatic rings. The molecular weight excluding hydrogens is 546 g/mol. The van der Waals surface area contributed by atoms with Gasteiger partial charge in [-0.1, -0.05) is 127 Å². The van der Waals surface area contributed by atoms with Gasteiger partial charge in [-0.3, -0.25) is 4.57 Å². The number of benzene rings is 8. The number of nitrogens with zero attached hydrogens (tertiary/aromatic N) is 3. The van der Waals surface area contributed by atoms with Crippen LogP contribution >= 0.6 is 0 Å². The van der Waals surface area contributed by atoms with Crippen LogP contribution in [0.3, 0.4) is 0 Å². The molecule has 0 bridgehead atoms. The zero-order chi connectivity index (χ0) is 29.5. The lowest BCUT2D eigenvalue weighted by molar-refractivity contribution is 1.08. The molecule has 0 saturated carbocycles. The molecule has 8 aromatic carbocycles. The molecule has 0 aliphatic carbocycles. The molecule has 2 aromatic heterocycles. The van der Waals surface area contributed by atoms with E-state index in [0.717, 1.165) is 49.9 Å². The predicted molar refractivity (Wildman–Crippen MR) is 189 cm³/mol. The number of aromatic nitrogens is 3. The number of hydrogen-bond donors (Lipinski definition) is 0. The minimum Gasteiger partial charge on any atom is -0.292 e. The van der Waals surface area contributed by atoms with Crippen LogP contribution < -0.4 is 0 Å². The van der Waals surface area contributed by atoms with Crippen molar-refractivity contribution in [2.45, 2.75) is 0 Å². The molecule has 0 radical (unpaired) electrons. The first-order chi connectivity index (χ1) is 22.3. The van der Waals surface area contributed by atoms with Crippen LogP contribution in [-0.2, 0) is 0 Å². The summed E-state index contributed by atoms with van der Waals surface area (Å²) < 4.78 is 2.33. The summed E-state index contributed by atoms with van der Waals surface area (Å²) in [5.74, 6) is 0.835. The molecule has 3 nitrogen and oxygen atoms in total. The van der Waals surface area contributed by atoms with Crippen LogP contribution in [0.25, 0.3) is 93.0 Å². The summed E-state index contributed by atoms with van der Waals surface area (Å²) in [6, 6.07) is 54.2. The van der Waals surface area contributed by atoms with Gasteiger partial charge in [0, 0.05) is 21.7 Å². The van der Waals surface area contributed by atoms with Gasteiger partial charge in [0.05, 0.1) is 22.1 Å². The molecule has 0 saturated heterocycles. The van der Waals surface area contributed by atoms with Gasteiger partial charge in [-0.15, -0.1) is 0 Å². The summed E-state index contributed by atoms with van der Waals surface area (Å²) >= 11 is 0. The summed E-state index contributed by atoms with van der Waals surface area (Å²) in [6.45, 7) is 0. The van der Waals surface area contributed by atoms with Crippen LogP contribution in [0, 0.1) is 0 Å². The standard InChI is InChI=1S/C42H25N3/c1-2-12-29(13-3-1)40-42(44-41-32-15-7-5-11-27(32)22-23-36(41)43-40)45-37-17-9-8-16-33(37)35-25-34-30(24-38(35)45)21-20-28-19-18-26-10-4-6-14-31(26)39(28)34/h1-25H. The maximum atomic E-state index is 5.49. The second-order valence-electron chi connectivity index (χ2n) is 11.8. The van der Waals surface area contributed by atoms with Crippen LogP contribution in [0.15, 0.2) is 152 Å². The van der Waals surface area contributed by atoms with Crippen molar-refractivity contribution in [3.8, 4) is 17.1 Å². The maximum absolute atomic E-state index is 5.49. The normalized spacial score (nSPS) is 12.0. The molecule has 0 amide bonds. The summed E-state index contributed by atoms with van der Waals surface area (Å²) in [6.07, 6.45) is 0. The molecule has 0 spiro atoms. The summed E-state index contributed by atoms with van der Waals surface area (Å²) in [7, 11) is 0. The molecule has 2 heterocycles. The Bertz CT molecular complexity index is 2810. The van der Waals surface area contributed by atoms with Gasteiger partial charge in [-0.25, -0.2) is 9.97 Å². The highest BCUT2D eigenvalue weighted by molar-refractivity contribution is 6.24. The fourth-order valence-electron chi connectivity index (χ4n) is 7.25. The Morgan fingerprint density at radius 3 is 1.89 bits per heavy atom. The SMILES string of the molecule is c1ccc(-c2nc3ccc4ccccc4c3nc2-n2c3ccccc3c3cc4c(ccc5ccc6ccccc6c54)cc32)cc1. The molecule has 45 heavy (non-hydrogen) atoms. The lowest BCUT2D eigenvalue weighted by Gasteiger charge is -2.15. The minimum atomic E-state index is 0.835. The van der Waals surface area contributed by atoms with Gasteiger partial charge in [-0.2, -0.15) is 0 Å². The fraction of sp³-hybridized carbons (Fsp3) is 0. The zero-order valence-electron chi connectivity index (χ0n) is 24.3. The van der Waals surface area contributed by atoms with Crippen molar-refractivity contribution >= 4 is 75.9 Å². The molecule has 0 aliphatic heterocycles. The molecule has 0 atom stereocenters. The van der Waals surface area contributed by atoms with E-state index in [0.29, 0.717) is 0 Å². The Morgan fingerprint density at radius 1 is 0.400 bits per heavy atom. The number of hydrogen-bond acceptors (Lipinski definition) is 2. The number of rotatable bonds is 2. The summed E-state index contributed by atoms with van der Waals surface area (Å²) in [4.78, 5) is 10.8. The van der Waals surface area contributed by atoms with Crippen molar-refractivity contribution in [1.29, 1.82) is 0 Å². The van der Waals surface area contributed by atoms with E-state index >= 15 is 0 Å². The highest BCUT2D eigenvalue weighted by Crippen LogP contribution is 2.40. The average Bonchev–Trinajstić information content (AvgIpc) is 3.43. The quantitative estimate of drug-likeness (QED) is 0.193. The second-order valence-corrected chi connectivity index (χ2v) is 11.8. The van der Waals surface area contributed by atoms with Crippen LogP contribution in [-0.4, -0.2) is 14.5 Å². The third-order valence-electron chi connectivity index (χ3n) is 9.32. The van der Waals surface area contributed by atoms with Gasteiger partial charge in [0.2, 0.25) is 0 Å². The Kier molecular flexibility index (Phi) is 5.00. The predicted octanol–water partition coefficient (Wildman–Crippen LogP) is 11.0. The topological polar surface area (TPSA) is 30.7 Å². The van der Waals surface area contributed by atoms with Crippen LogP contribution in [0.5, 0.6) is 0 Å². The molecule has 0 N–H and O–H groups in total. The van der Waals surface area contributed by atoms with E-state index in [1.165, 1.54) is 43.1 Å². The van der Waals surface area contributed by atoms with E-state index in [4.69, 9.17) is 9.97 Å². The van der Waals surface area contributed by atoms with Crippen LogP contribution in [0.4, 0.5) is 0 Å². The first kappa shape index (κ1) is 24.4. The molecule has 10 rings (SSSR count). The molecule has 208 valence electrons. The molecular formula is C42H25N3. The smallest absolute Gasteiger partial charge is 0.165 e. The van der Waals surface area contributed by atoms with E-state index in [-0.39, 0.29) is 0 Å². The van der Waals surface area contributed by atoms with Gasteiger partial charge in [0.1, 0.15) is 5.69 Å². The second kappa shape index (κ2) is 9.22.